The molecule has 1 fully saturated rings. The van der Waals surface area contributed by atoms with Crippen LogP contribution in [0.1, 0.15) is 148 Å². The highest BCUT2D eigenvalue weighted by molar-refractivity contribution is 8.47. The Kier molecular flexibility index (Phi) is 30.3. The fourth-order valence-corrected chi connectivity index (χ4v) is 13.1. The predicted octanol–water partition coefficient (Wildman–Crippen LogP) is 8.76. The lowest BCUT2D eigenvalue weighted by Gasteiger charge is -2.44. The first-order chi connectivity index (χ1) is 34.1. The first-order valence-corrected chi connectivity index (χ1v) is 28.2. The summed E-state index contributed by atoms with van der Waals surface area (Å²) < 4.78 is 40.9. The molecule has 0 spiro atoms. The van der Waals surface area contributed by atoms with Gasteiger partial charge in [-0.25, -0.2) is 0 Å². The molecule has 10 unspecified atom stereocenters. The zero-order chi connectivity index (χ0) is 55.8. The number of carbonyl (C=O) groups is 6. The van der Waals surface area contributed by atoms with Crippen molar-refractivity contribution in [2.24, 2.45) is 33.5 Å². The Balaban J connectivity index is 4.01. The van der Waals surface area contributed by atoms with Crippen LogP contribution < -0.4 is 0 Å². The average Bonchev–Trinajstić information content (AvgIpc) is 3.31. The summed E-state index contributed by atoms with van der Waals surface area (Å²) in [5.41, 5.74) is -6.48. The number of carboxylic acid groups (broad SMARTS) is 1. The highest BCUT2D eigenvalue weighted by Gasteiger charge is 2.56. The number of rotatable bonds is 35. The number of thiocarbonyl (C=S) groups is 1. The molecule has 0 bridgehead atoms. The molecule has 1 saturated heterocycles. The number of thioether (sulfide) groups is 2. The van der Waals surface area contributed by atoms with E-state index >= 15 is 0 Å². The number of aliphatic carboxylic acids is 1. The molecular formula is C53H91N3O14S3. The van der Waals surface area contributed by atoms with Crippen molar-refractivity contribution in [2.45, 2.75) is 171 Å². The van der Waals surface area contributed by atoms with Crippen LogP contribution in [-0.4, -0.2) is 163 Å². The molecule has 73 heavy (non-hydrogen) atoms. The van der Waals surface area contributed by atoms with Gasteiger partial charge in [-0.3, -0.25) is 28.8 Å². The van der Waals surface area contributed by atoms with Gasteiger partial charge in [-0.05, 0) is 118 Å². The third kappa shape index (κ3) is 22.6. The summed E-state index contributed by atoms with van der Waals surface area (Å²) in [6.45, 7) is 25.4. The number of hydrogen-bond donors (Lipinski definition) is 1. The molecule has 420 valence electrons. The zero-order valence-electron chi connectivity index (χ0n) is 46.8. The summed E-state index contributed by atoms with van der Waals surface area (Å²) >= 11 is 8.24. The third-order valence-corrected chi connectivity index (χ3v) is 16.5. The van der Waals surface area contributed by atoms with Gasteiger partial charge < -0.3 is 48.1 Å². The number of nitrogens with zero attached hydrogens (tertiary/aromatic N) is 3. The van der Waals surface area contributed by atoms with E-state index in [2.05, 4.69) is 17.9 Å². The number of unbranched alkanes of at least 4 members (excludes halogenated alkanes) is 1. The highest BCUT2D eigenvalue weighted by Crippen LogP contribution is 2.53. The van der Waals surface area contributed by atoms with Gasteiger partial charge in [0.1, 0.15) is 40.3 Å². The average molecular weight is 1090 g/mol. The van der Waals surface area contributed by atoms with Gasteiger partial charge in [0.25, 0.3) is 0 Å². The number of nitriles is 1. The van der Waals surface area contributed by atoms with Gasteiger partial charge in [-0.1, -0.05) is 78.9 Å². The Bertz CT molecular complexity index is 1830. The van der Waals surface area contributed by atoms with E-state index < -0.39 is 74.4 Å². The van der Waals surface area contributed by atoms with Gasteiger partial charge in [0.15, 0.2) is 0 Å². The Morgan fingerprint density at radius 1 is 0.726 bits per heavy atom. The van der Waals surface area contributed by atoms with Crippen LogP contribution >= 0.6 is 35.7 Å². The van der Waals surface area contributed by atoms with Crippen LogP contribution in [0.2, 0.25) is 0 Å². The summed E-state index contributed by atoms with van der Waals surface area (Å²) in [5, 5.41) is 20.4. The Hall–Kier alpha value is -3.06. The van der Waals surface area contributed by atoms with Crippen molar-refractivity contribution < 1.29 is 67.0 Å². The quantitative estimate of drug-likeness (QED) is 0.0271. The van der Waals surface area contributed by atoms with E-state index in [9.17, 15) is 39.1 Å². The minimum Gasteiger partial charge on any atom is -0.481 e. The number of likely N-dealkylation sites (N-methyl/N-ethyl adjacent to an activating group) is 2. The predicted molar refractivity (Wildman–Crippen MR) is 289 cm³/mol. The molecule has 0 aromatic carbocycles. The Labute approximate surface area is 451 Å². The highest BCUT2D eigenvalue weighted by atomic mass is 32.2. The molecule has 1 heterocycles. The van der Waals surface area contributed by atoms with E-state index in [1.807, 2.05) is 60.5 Å². The van der Waals surface area contributed by atoms with Gasteiger partial charge in [-0.2, -0.15) is 5.26 Å². The maximum atomic E-state index is 15.0. The lowest BCUT2D eigenvalue weighted by Crippen LogP contribution is -2.52. The van der Waals surface area contributed by atoms with Crippen LogP contribution in [0.3, 0.4) is 0 Å². The van der Waals surface area contributed by atoms with Crippen LogP contribution in [-0.2, 0) is 61.9 Å². The minimum atomic E-state index is -1.73. The van der Waals surface area contributed by atoms with Crippen molar-refractivity contribution in [3.8, 4) is 6.07 Å². The topological polar surface area (TPSA) is 218 Å². The van der Waals surface area contributed by atoms with Crippen LogP contribution in [0, 0.1) is 44.8 Å². The normalized spacial score (nSPS) is 22.0. The van der Waals surface area contributed by atoms with E-state index in [0.29, 0.717) is 41.9 Å². The summed E-state index contributed by atoms with van der Waals surface area (Å²) in [4.78, 5) is 87.0. The smallest absolute Gasteiger partial charge is 0.322 e. The maximum absolute atomic E-state index is 15.0. The summed E-state index contributed by atoms with van der Waals surface area (Å²) in [7, 11) is 3.63. The molecule has 1 rings (SSSR count). The second kappa shape index (κ2) is 32.5. The van der Waals surface area contributed by atoms with E-state index in [4.69, 9.17) is 45.4 Å². The largest absolute Gasteiger partial charge is 0.481 e. The Morgan fingerprint density at radius 2 is 1.26 bits per heavy atom. The summed E-state index contributed by atoms with van der Waals surface area (Å²) in [6, 6.07) is 2.24. The van der Waals surface area contributed by atoms with Crippen molar-refractivity contribution in [1.29, 1.82) is 5.26 Å². The lowest BCUT2D eigenvalue weighted by atomic mass is 9.60. The van der Waals surface area contributed by atoms with E-state index in [-0.39, 0.29) is 96.1 Å². The summed E-state index contributed by atoms with van der Waals surface area (Å²) in [6.07, 6.45) is -0.691. The molecule has 0 saturated carbocycles. The molecule has 0 aromatic heterocycles. The number of ether oxygens (including phenoxy) is 7. The monoisotopic (exact) mass is 1090 g/mol. The van der Waals surface area contributed by atoms with E-state index in [1.165, 1.54) is 18.7 Å². The summed E-state index contributed by atoms with van der Waals surface area (Å²) in [5.74, 6) is -3.67. The SMILES string of the molecule is CCCCOC(=O)C(C)(CC(C)(CC(C)(CC(C)(CC(C)(C#N)CCC(=O)O)C(=O)OCCOCC1OC(CC)C(C)C(C)C1OC(C)=O)C(=O)OCCN(C)C)C(=O)OCCN(CC)CC)SC(=S)SCC. The first kappa shape index (κ1) is 68.0. The second-order valence-electron chi connectivity index (χ2n) is 21.2. The molecule has 1 aliphatic rings. The molecule has 0 aliphatic carbocycles. The van der Waals surface area contributed by atoms with Gasteiger partial charge in [0.2, 0.25) is 0 Å². The Morgan fingerprint density at radius 3 is 1.75 bits per heavy atom. The molecule has 17 nitrogen and oxygen atoms in total. The first-order valence-electron chi connectivity index (χ1n) is 26.0. The molecule has 10 atom stereocenters. The number of carboxylic acids is 1. The zero-order valence-corrected chi connectivity index (χ0v) is 49.3. The lowest BCUT2D eigenvalue weighted by molar-refractivity contribution is -0.206. The minimum absolute atomic E-state index is 0.0137. The van der Waals surface area contributed by atoms with Crippen molar-refractivity contribution in [3.05, 3.63) is 0 Å². The van der Waals surface area contributed by atoms with Crippen LogP contribution in [0.4, 0.5) is 0 Å². The molecule has 0 radical (unpaired) electrons. The number of carbonyl (C=O) groups excluding carboxylic acids is 5. The fourth-order valence-electron chi connectivity index (χ4n) is 9.88. The number of hydrogen-bond acceptors (Lipinski definition) is 19. The molecule has 1 aliphatic heterocycles. The van der Waals surface area contributed by atoms with E-state index in [1.54, 1.807) is 34.6 Å². The standard InChI is InChI=1S/C53H91N3O14S3/c1-16-21-26-65-47(63)53(13,73-48(71)72-20-5)35-52(12,46(62)67-28-25-56(18-3)19-4)34-51(11,45(61)66-27-24-55(14)15)33-50(10,32-49(9,36-54)23-22-42(58)59)44(60)68-30-29-64-31-41-43(69-39(8)57)38(7)37(6)40(17-2)70-41/h37-38,40-41,43H,16-35H2,1-15H3,(H,58,59). The van der Waals surface area contributed by atoms with Gasteiger partial charge in [-0.15, -0.1) is 11.8 Å². The fraction of sp³-hybridized carbons (Fsp3) is 0.849. The van der Waals surface area contributed by atoms with Gasteiger partial charge >= 0.3 is 35.8 Å². The van der Waals surface area contributed by atoms with Crippen molar-refractivity contribution in [3.63, 3.8) is 0 Å². The third-order valence-electron chi connectivity index (χ3n) is 13.8. The maximum Gasteiger partial charge on any atom is 0.322 e. The molecule has 0 aromatic rings. The van der Waals surface area contributed by atoms with Gasteiger partial charge in [0.05, 0.1) is 53.7 Å². The van der Waals surface area contributed by atoms with Crippen molar-refractivity contribution in [1.82, 2.24) is 9.80 Å². The van der Waals surface area contributed by atoms with Crippen LogP contribution in [0.15, 0.2) is 0 Å². The number of esters is 5. The molecular weight excluding hydrogens is 999 g/mol. The van der Waals surface area contributed by atoms with Crippen LogP contribution in [0.5, 0.6) is 0 Å². The molecule has 1 N–H and O–H groups in total. The molecule has 20 heteroatoms. The van der Waals surface area contributed by atoms with Gasteiger partial charge in [0, 0.05) is 32.4 Å². The second-order valence-corrected chi connectivity index (χ2v) is 25.2. The van der Waals surface area contributed by atoms with Crippen molar-refractivity contribution >= 4 is 75.1 Å². The van der Waals surface area contributed by atoms with E-state index in [0.717, 1.165) is 24.6 Å². The molecule has 0 amide bonds. The van der Waals surface area contributed by atoms with Crippen molar-refractivity contribution in [2.75, 3.05) is 85.7 Å². The van der Waals surface area contributed by atoms with Crippen LogP contribution in [0.25, 0.3) is 0 Å².